The van der Waals surface area contributed by atoms with Gasteiger partial charge in [-0.15, -0.1) is 0 Å². The van der Waals surface area contributed by atoms with Crippen molar-refractivity contribution >= 4 is 6.29 Å². The van der Waals surface area contributed by atoms with Gasteiger partial charge in [0.1, 0.15) is 6.29 Å². The zero-order valence-corrected chi connectivity index (χ0v) is 10.4. The molecule has 0 aliphatic carbocycles. The number of carbonyl (C=O) groups excluding carboxylic acids is 1. The molecule has 0 amide bonds. The van der Waals surface area contributed by atoms with Gasteiger partial charge in [0.15, 0.2) is 0 Å². The molecule has 2 rings (SSSR count). The summed E-state index contributed by atoms with van der Waals surface area (Å²) in [6.45, 7) is 0.823. The third-order valence-corrected chi connectivity index (χ3v) is 2.75. The molecule has 2 aromatic rings. The third kappa shape index (κ3) is 3.02. The van der Waals surface area contributed by atoms with Crippen molar-refractivity contribution in [3.8, 4) is 11.3 Å². The number of carbonyl (C=O) groups is 1. The minimum atomic E-state index is 0.448. The van der Waals surface area contributed by atoms with E-state index in [4.69, 9.17) is 0 Å². The topological polar surface area (TPSA) is 42.0 Å². The Balaban J connectivity index is 2.32. The summed E-state index contributed by atoms with van der Waals surface area (Å²) in [7, 11) is 1.92. The van der Waals surface area contributed by atoms with Gasteiger partial charge in [-0.3, -0.25) is 4.98 Å². The summed E-state index contributed by atoms with van der Waals surface area (Å²) >= 11 is 0. The van der Waals surface area contributed by atoms with Gasteiger partial charge in [-0.25, -0.2) is 0 Å². The lowest BCUT2D eigenvalue weighted by Gasteiger charge is -2.05. The first-order valence-corrected chi connectivity index (χ1v) is 5.96. The quantitative estimate of drug-likeness (QED) is 0.815. The highest BCUT2D eigenvalue weighted by atomic mass is 16.1. The lowest BCUT2D eigenvalue weighted by Crippen LogP contribution is -2.05. The van der Waals surface area contributed by atoms with E-state index < -0.39 is 0 Å². The molecule has 3 nitrogen and oxygen atoms in total. The van der Waals surface area contributed by atoms with Crippen LogP contribution in [0.2, 0.25) is 0 Å². The maximum absolute atomic E-state index is 10.5. The lowest BCUT2D eigenvalue weighted by atomic mass is 10.0. The summed E-state index contributed by atoms with van der Waals surface area (Å²) in [6, 6.07) is 12.0. The Morgan fingerprint density at radius 3 is 2.89 bits per heavy atom. The van der Waals surface area contributed by atoms with Crippen LogP contribution >= 0.6 is 0 Å². The van der Waals surface area contributed by atoms with Crippen molar-refractivity contribution in [1.82, 2.24) is 10.3 Å². The van der Waals surface area contributed by atoms with Crippen LogP contribution in [0, 0.1) is 0 Å². The van der Waals surface area contributed by atoms with Crippen LogP contribution in [0.3, 0.4) is 0 Å². The van der Waals surface area contributed by atoms with Gasteiger partial charge in [-0.2, -0.15) is 0 Å². The van der Waals surface area contributed by atoms with Crippen LogP contribution in [0.25, 0.3) is 11.3 Å². The Labute approximate surface area is 107 Å². The molecule has 0 aliphatic rings. The third-order valence-electron chi connectivity index (χ3n) is 2.75. The van der Waals surface area contributed by atoms with E-state index in [0.29, 0.717) is 6.42 Å². The van der Waals surface area contributed by atoms with Crippen LogP contribution in [0.15, 0.2) is 42.6 Å². The standard InChI is InChI=1S/C15H16N2O/c1-16-11-13-5-7-17-15(10-13)14-4-2-3-12(9-14)6-8-18/h2-5,7-10,16H,6,11H2,1H3. The second-order valence-electron chi connectivity index (χ2n) is 4.15. The van der Waals surface area contributed by atoms with Gasteiger partial charge in [-0.05, 0) is 36.4 Å². The van der Waals surface area contributed by atoms with Crippen molar-refractivity contribution in [3.05, 3.63) is 53.7 Å². The number of rotatable bonds is 5. The van der Waals surface area contributed by atoms with E-state index in [2.05, 4.69) is 16.4 Å². The highest BCUT2D eigenvalue weighted by molar-refractivity contribution is 5.63. The second-order valence-corrected chi connectivity index (χ2v) is 4.15. The Hall–Kier alpha value is -2.00. The van der Waals surface area contributed by atoms with Crippen molar-refractivity contribution in [2.45, 2.75) is 13.0 Å². The molecular weight excluding hydrogens is 224 g/mol. The first-order chi connectivity index (χ1) is 8.83. The van der Waals surface area contributed by atoms with Gasteiger partial charge in [0.25, 0.3) is 0 Å². The molecule has 0 bridgehead atoms. The predicted octanol–water partition coefficient (Wildman–Crippen LogP) is 2.21. The molecule has 0 aliphatic heterocycles. The number of aldehydes is 1. The summed E-state index contributed by atoms with van der Waals surface area (Å²) in [5.41, 5.74) is 4.20. The number of hydrogen-bond donors (Lipinski definition) is 1. The molecule has 0 unspecified atom stereocenters. The number of nitrogens with one attached hydrogen (secondary N) is 1. The molecule has 1 aromatic heterocycles. The van der Waals surface area contributed by atoms with Crippen molar-refractivity contribution in [1.29, 1.82) is 0 Å². The Bertz CT molecular complexity index is 538. The van der Waals surface area contributed by atoms with Crippen LogP contribution in [-0.2, 0) is 17.8 Å². The number of nitrogens with zero attached hydrogens (tertiary/aromatic N) is 1. The smallest absolute Gasteiger partial charge is 0.124 e. The van der Waals surface area contributed by atoms with Crippen molar-refractivity contribution in [2.24, 2.45) is 0 Å². The fourth-order valence-corrected chi connectivity index (χ4v) is 1.90. The number of aromatic nitrogens is 1. The van der Waals surface area contributed by atoms with Crippen LogP contribution < -0.4 is 5.32 Å². The number of hydrogen-bond acceptors (Lipinski definition) is 3. The average Bonchev–Trinajstić information content (AvgIpc) is 2.40. The first kappa shape index (κ1) is 12.5. The molecule has 0 atom stereocenters. The van der Waals surface area contributed by atoms with Crippen LogP contribution in [0.4, 0.5) is 0 Å². The predicted molar refractivity (Wildman–Crippen MR) is 72.2 cm³/mol. The van der Waals surface area contributed by atoms with Gasteiger partial charge >= 0.3 is 0 Å². The minimum absolute atomic E-state index is 0.448. The summed E-state index contributed by atoms with van der Waals surface area (Å²) < 4.78 is 0. The molecular formula is C15H16N2O. The average molecular weight is 240 g/mol. The molecule has 3 heteroatoms. The van der Waals surface area contributed by atoms with E-state index in [9.17, 15) is 4.79 Å². The normalized spacial score (nSPS) is 10.3. The molecule has 1 N–H and O–H groups in total. The maximum Gasteiger partial charge on any atom is 0.124 e. The van der Waals surface area contributed by atoms with Gasteiger partial charge in [0.2, 0.25) is 0 Å². The minimum Gasteiger partial charge on any atom is -0.316 e. The molecule has 0 fully saturated rings. The molecule has 1 heterocycles. The highest BCUT2D eigenvalue weighted by Crippen LogP contribution is 2.19. The highest BCUT2D eigenvalue weighted by Gasteiger charge is 2.02. The van der Waals surface area contributed by atoms with E-state index >= 15 is 0 Å². The van der Waals surface area contributed by atoms with Crippen molar-refractivity contribution in [3.63, 3.8) is 0 Å². The van der Waals surface area contributed by atoms with Gasteiger partial charge in [0.05, 0.1) is 5.69 Å². The van der Waals surface area contributed by atoms with E-state index in [1.54, 1.807) is 0 Å². The second kappa shape index (κ2) is 6.07. The number of benzene rings is 1. The Morgan fingerprint density at radius 1 is 1.22 bits per heavy atom. The van der Waals surface area contributed by atoms with E-state index in [1.807, 2.05) is 43.6 Å². The molecule has 0 spiro atoms. The zero-order chi connectivity index (χ0) is 12.8. The van der Waals surface area contributed by atoms with Gasteiger partial charge < -0.3 is 10.1 Å². The lowest BCUT2D eigenvalue weighted by molar-refractivity contribution is -0.107. The van der Waals surface area contributed by atoms with Crippen LogP contribution in [-0.4, -0.2) is 18.3 Å². The zero-order valence-electron chi connectivity index (χ0n) is 10.4. The summed E-state index contributed by atoms with van der Waals surface area (Å²) in [5, 5.41) is 3.12. The summed E-state index contributed by atoms with van der Waals surface area (Å²) in [5.74, 6) is 0. The SMILES string of the molecule is CNCc1ccnc(-c2cccc(CC=O)c2)c1. The van der Waals surface area contributed by atoms with Crippen molar-refractivity contribution < 1.29 is 4.79 Å². The fraction of sp³-hybridized carbons (Fsp3) is 0.200. The molecule has 0 saturated carbocycles. The van der Waals surface area contributed by atoms with E-state index in [1.165, 1.54) is 5.56 Å². The summed E-state index contributed by atoms with van der Waals surface area (Å²) in [4.78, 5) is 14.9. The Kier molecular flexibility index (Phi) is 4.20. The molecule has 0 radical (unpaired) electrons. The monoisotopic (exact) mass is 240 g/mol. The largest absolute Gasteiger partial charge is 0.316 e. The number of pyridine rings is 1. The molecule has 0 saturated heterocycles. The van der Waals surface area contributed by atoms with E-state index in [-0.39, 0.29) is 0 Å². The van der Waals surface area contributed by atoms with Gasteiger partial charge in [0, 0.05) is 24.7 Å². The van der Waals surface area contributed by atoms with E-state index in [0.717, 1.165) is 29.7 Å². The maximum atomic E-state index is 10.5. The molecule has 1 aromatic carbocycles. The fourth-order valence-electron chi connectivity index (χ4n) is 1.90. The molecule has 92 valence electrons. The Morgan fingerprint density at radius 2 is 2.11 bits per heavy atom. The summed E-state index contributed by atoms with van der Waals surface area (Å²) in [6.07, 6.45) is 3.18. The van der Waals surface area contributed by atoms with Crippen LogP contribution in [0.1, 0.15) is 11.1 Å². The first-order valence-electron chi connectivity index (χ1n) is 5.96. The van der Waals surface area contributed by atoms with Gasteiger partial charge in [-0.1, -0.05) is 18.2 Å². The molecule has 18 heavy (non-hydrogen) atoms. The van der Waals surface area contributed by atoms with Crippen LogP contribution in [0.5, 0.6) is 0 Å². The van der Waals surface area contributed by atoms with Crippen molar-refractivity contribution in [2.75, 3.05) is 7.05 Å².